The minimum atomic E-state index is -4.47. The Balaban J connectivity index is 1.23. The molecule has 4 aliphatic rings. The number of carbonyl (C=O) groups excluding carboxylic acids is 2. The smallest absolute Gasteiger partial charge is 0.333 e. The molecule has 0 aliphatic heterocycles. The third-order valence-electron chi connectivity index (χ3n) is 9.11. The maximum Gasteiger partial charge on any atom is 0.416 e. The Kier molecular flexibility index (Phi) is 7.60. The van der Waals surface area contributed by atoms with E-state index in [0.717, 1.165) is 42.5 Å². The second-order valence-corrected chi connectivity index (χ2v) is 12.2. The molecule has 0 aromatic heterocycles. The van der Waals surface area contributed by atoms with E-state index < -0.39 is 29.9 Å². The van der Waals surface area contributed by atoms with Gasteiger partial charge >= 0.3 is 18.2 Å². The van der Waals surface area contributed by atoms with Crippen LogP contribution in [0.2, 0.25) is 0 Å². The lowest BCUT2D eigenvalue weighted by atomic mass is 9.53. The highest BCUT2D eigenvalue weighted by molar-refractivity contribution is 5.89. The van der Waals surface area contributed by atoms with Crippen LogP contribution in [-0.4, -0.2) is 17.6 Å². The second kappa shape index (κ2) is 11.3. The number of hydrogen-bond acceptors (Lipinski definition) is 2. The zero-order valence-electron chi connectivity index (χ0n) is 23.2. The van der Waals surface area contributed by atoms with Crippen molar-refractivity contribution in [2.75, 3.05) is 5.32 Å². The Hall–Kier alpha value is -4.01. The SMILES string of the molecule is O=C(Nc1ccc(C(F)(F)F)cc1)NC(c1ccccc1)C(NC(=O)NC12CC3CC(CC(C3)C1)C2)c1ccccc1. The molecule has 0 heterocycles. The average molecular weight is 577 g/mol. The van der Waals surface area contributed by atoms with Crippen LogP contribution in [0, 0.1) is 17.8 Å². The van der Waals surface area contributed by atoms with Crippen molar-refractivity contribution in [2.24, 2.45) is 17.8 Å². The summed E-state index contributed by atoms with van der Waals surface area (Å²) in [5.41, 5.74) is 0.811. The van der Waals surface area contributed by atoms with Crippen LogP contribution < -0.4 is 21.3 Å². The third-order valence-corrected chi connectivity index (χ3v) is 9.11. The van der Waals surface area contributed by atoms with E-state index in [1.54, 1.807) is 0 Å². The molecular weight excluding hydrogens is 541 g/mol. The van der Waals surface area contributed by atoms with Crippen molar-refractivity contribution in [1.29, 1.82) is 0 Å². The minimum Gasteiger partial charge on any atom is -0.333 e. The first-order chi connectivity index (χ1) is 20.2. The first-order valence-electron chi connectivity index (χ1n) is 14.6. The predicted octanol–water partition coefficient (Wildman–Crippen LogP) is 7.58. The molecular formula is C33H35F3N4O2. The van der Waals surface area contributed by atoms with E-state index in [1.807, 2.05) is 60.7 Å². The third kappa shape index (κ3) is 6.25. The minimum absolute atomic E-state index is 0.185. The van der Waals surface area contributed by atoms with Crippen molar-refractivity contribution >= 4 is 17.7 Å². The molecule has 220 valence electrons. The van der Waals surface area contributed by atoms with E-state index in [1.165, 1.54) is 31.4 Å². The van der Waals surface area contributed by atoms with Crippen LogP contribution in [0.5, 0.6) is 0 Å². The quantitative estimate of drug-likeness (QED) is 0.234. The molecule has 9 heteroatoms. The molecule has 42 heavy (non-hydrogen) atoms. The molecule has 2 atom stereocenters. The summed E-state index contributed by atoms with van der Waals surface area (Å²) >= 11 is 0. The number of amides is 4. The van der Waals surface area contributed by atoms with Crippen LogP contribution in [0.1, 0.15) is 67.3 Å². The van der Waals surface area contributed by atoms with Crippen molar-refractivity contribution in [2.45, 2.75) is 62.3 Å². The number of hydrogen-bond donors (Lipinski definition) is 4. The van der Waals surface area contributed by atoms with Crippen molar-refractivity contribution in [3.8, 4) is 0 Å². The first-order valence-corrected chi connectivity index (χ1v) is 14.6. The van der Waals surface area contributed by atoms with Gasteiger partial charge in [0.05, 0.1) is 17.6 Å². The fraction of sp³-hybridized carbons (Fsp3) is 0.394. The van der Waals surface area contributed by atoms with Gasteiger partial charge in [-0.3, -0.25) is 0 Å². The molecule has 0 saturated heterocycles. The lowest BCUT2D eigenvalue weighted by Crippen LogP contribution is -2.62. The summed E-state index contributed by atoms with van der Waals surface area (Å²) < 4.78 is 39.0. The largest absolute Gasteiger partial charge is 0.416 e. The summed E-state index contributed by atoms with van der Waals surface area (Å²) in [7, 11) is 0. The fourth-order valence-electron chi connectivity index (χ4n) is 7.77. The monoisotopic (exact) mass is 576 g/mol. The summed E-state index contributed by atoms with van der Waals surface area (Å²) in [5, 5.41) is 12.2. The summed E-state index contributed by atoms with van der Waals surface area (Å²) in [4.78, 5) is 26.9. The number of anilines is 1. The van der Waals surface area contributed by atoms with E-state index in [4.69, 9.17) is 0 Å². The van der Waals surface area contributed by atoms with E-state index in [-0.39, 0.29) is 17.3 Å². The summed E-state index contributed by atoms with van der Waals surface area (Å²) in [6, 6.07) is 20.9. The number of halogens is 3. The zero-order valence-corrected chi connectivity index (χ0v) is 23.2. The maximum atomic E-state index is 13.7. The average Bonchev–Trinajstić information content (AvgIpc) is 2.94. The number of nitrogens with one attached hydrogen (secondary N) is 4. The number of alkyl halides is 3. The van der Waals surface area contributed by atoms with Gasteiger partial charge in [0.2, 0.25) is 0 Å². The van der Waals surface area contributed by atoms with Gasteiger partial charge in [-0.1, -0.05) is 60.7 Å². The number of carbonyl (C=O) groups is 2. The van der Waals surface area contributed by atoms with E-state index in [2.05, 4.69) is 21.3 Å². The zero-order chi connectivity index (χ0) is 29.3. The normalized spacial score (nSPS) is 25.7. The molecule has 0 radical (unpaired) electrons. The van der Waals surface area contributed by atoms with Crippen LogP contribution in [0.25, 0.3) is 0 Å². The van der Waals surface area contributed by atoms with Gasteiger partial charge in [-0.25, -0.2) is 9.59 Å². The van der Waals surface area contributed by atoms with E-state index in [9.17, 15) is 22.8 Å². The number of urea groups is 2. The van der Waals surface area contributed by atoms with Crippen molar-refractivity contribution in [3.63, 3.8) is 0 Å². The van der Waals surface area contributed by atoms with E-state index in [0.29, 0.717) is 17.8 Å². The van der Waals surface area contributed by atoms with Crippen LogP contribution in [0.15, 0.2) is 84.9 Å². The Morgan fingerprint density at radius 1 is 0.667 bits per heavy atom. The van der Waals surface area contributed by atoms with E-state index >= 15 is 0 Å². The molecule has 7 rings (SSSR count). The molecule has 2 unspecified atom stereocenters. The highest BCUT2D eigenvalue weighted by Gasteiger charge is 2.51. The molecule has 3 aromatic rings. The number of benzene rings is 3. The Bertz CT molecular complexity index is 1360. The van der Waals surface area contributed by atoms with Crippen LogP contribution >= 0.6 is 0 Å². The lowest BCUT2D eigenvalue weighted by Gasteiger charge is -2.56. The highest BCUT2D eigenvalue weighted by Crippen LogP contribution is 2.55. The first kappa shape index (κ1) is 28.1. The van der Waals surface area contributed by atoms with Gasteiger partial charge in [0, 0.05) is 11.2 Å². The summed E-state index contributed by atoms with van der Waals surface area (Å²) in [6.07, 6.45) is 2.37. The molecule has 4 saturated carbocycles. The van der Waals surface area contributed by atoms with Crippen LogP contribution in [0.4, 0.5) is 28.4 Å². The van der Waals surface area contributed by atoms with Crippen molar-refractivity contribution in [1.82, 2.24) is 16.0 Å². The maximum absolute atomic E-state index is 13.7. The van der Waals surface area contributed by atoms with Gasteiger partial charge < -0.3 is 21.3 Å². The number of rotatable bonds is 7. The van der Waals surface area contributed by atoms with Crippen LogP contribution in [0.3, 0.4) is 0 Å². The Morgan fingerprint density at radius 3 is 1.57 bits per heavy atom. The molecule has 3 aromatic carbocycles. The van der Waals surface area contributed by atoms with Crippen molar-refractivity contribution < 1.29 is 22.8 Å². The van der Waals surface area contributed by atoms with Gasteiger partial charge in [0.1, 0.15) is 0 Å². The summed E-state index contributed by atoms with van der Waals surface area (Å²) in [6.45, 7) is 0. The van der Waals surface area contributed by atoms with Crippen LogP contribution in [-0.2, 0) is 6.18 Å². The molecule has 4 bridgehead atoms. The Morgan fingerprint density at radius 2 is 1.12 bits per heavy atom. The van der Waals surface area contributed by atoms with Gasteiger partial charge in [-0.2, -0.15) is 13.2 Å². The highest BCUT2D eigenvalue weighted by atomic mass is 19.4. The van der Waals surface area contributed by atoms with Gasteiger partial charge in [-0.15, -0.1) is 0 Å². The van der Waals surface area contributed by atoms with Gasteiger partial charge in [-0.05, 0) is 91.7 Å². The van der Waals surface area contributed by atoms with Gasteiger partial charge in [0.25, 0.3) is 0 Å². The fourth-order valence-corrected chi connectivity index (χ4v) is 7.77. The molecule has 4 N–H and O–H groups in total. The standard InChI is InChI=1S/C33H35F3N4O2/c34-33(35,36)26-11-13-27(14-12-26)37-30(41)38-28(24-7-3-1-4-8-24)29(25-9-5-2-6-10-25)39-31(42)40-32-18-21-15-22(19-32)17-23(16-21)20-32/h1-14,21-23,28-29H,15-20H2,(H2,37,38,41)(H2,39,40,42). The van der Waals surface area contributed by atoms with Gasteiger partial charge in [0.15, 0.2) is 0 Å². The molecule has 4 amide bonds. The second-order valence-electron chi connectivity index (χ2n) is 12.2. The lowest BCUT2D eigenvalue weighted by molar-refractivity contribution is -0.137. The topological polar surface area (TPSA) is 82.3 Å². The molecule has 4 fully saturated rings. The summed E-state index contributed by atoms with van der Waals surface area (Å²) in [5.74, 6) is 2.03. The molecule has 4 aliphatic carbocycles. The molecule has 0 spiro atoms. The molecule has 6 nitrogen and oxygen atoms in total. The predicted molar refractivity (Wildman–Crippen MR) is 155 cm³/mol. The Labute approximate surface area is 243 Å². The van der Waals surface area contributed by atoms with Crippen molar-refractivity contribution in [3.05, 3.63) is 102 Å².